The van der Waals surface area contributed by atoms with Crippen molar-refractivity contribution in [3.8, 4) is 17.3 Å². The van der Waals surface area contributed by atoms with Crippen LogP contribution in [0.1, 0.15) is 5.56 Å². The highest BCUT2D eigenvalue weighted by Gasteiger charge is 2.25. The minimum atomic E-state index is -0.528. The van der Waals surface area contributed by atoms with Crippen LogP contribution in [-0.4, -0.2) is 25.8 Å². The van der Waals surface area contributed by atoms with E-state index in [4.69, 9.17) is 9.26 Å². The molecule has 0 bridgehead atoms. The molecule has 4 rings (SSSR count). The molecule has 7 heteroatoms. The zero-order chi connectivity index (χ0) is 14.9. The average Bonchev–Trinajstić information content (AvgIpc) is 3.12. The van der Waals surface area contributed by atoms with E-state index in [0.717, 1.165) is 17.7 Å². The fourth-order valence-electron chi connectivity index (χ4n) is 2.59. The second kappa shape index (κ2) is 5.10. The largest absolute Gasteiger partial charge is 0.488 e. The highest BCUT2D eigenvalue weighted by Crippen LogP contribution is 2.29. The molecular weight excluding hydrogens is 284 g/mol. The average molecular weight is 296 g/mol. The lowest BCUT2D eigenvalue weighted by molar-refractivity contribution is 0.205. The molecule has 0 saturated heterocycles. The van der Waals surface area contributed by atoms with Gasteiger partial charge in [0.2, 0.25) is 5.82 Å². The Morgan fingerprint density at radius 2 is 2.18 bits per heavy atom. The summed E-state index contributed by atoms with van der Waals surface area (Å²) in [6.07, 6.45) is 5.25. The molecule has 1 aliphatic rings. The summed E-state index contributed by atoms with van der Waals surface area (Å²) < 4.78 is 12.1. The summed E-state index contributed by atoms with van der Waals surface area (Å²) in [5.41, 5.74) is 1.63. The Kier molecular flexibility index (Phi) is 2.96. The van der Waals surface area contributed by atoms with E-state index in [1.807, 2.05) is 24.3 Å². The van der Waals surface area contributed by atoms with Gasteiger partial charge < -0.3 is 4.74 Å². The van der Waals surface area contributed by atoms with Gasteiger partial charge in [0.1, 0.15) is 17.5 Å². The number of aromatic nitrogens is 4. The zero-order valence-electron chi connectivity index (χ0n) is 11.5. The lowest BCUT2D eigenvalue weighted by Crippen LogP contribution is -2.27. The SMILES string of the molecule is O=c1onc(-c2cnccn2)n1CC1Cc2ccccc2O1. The highest BCUT2D eigenvalue weighted by atomic mass is 16.5. The van der Waals surface area contributed by atoms with Gasteiger partial charge in [0.05, 0.1) is 12.7 Å². The Bertz CT molecular complexity index is 831. The van der Waals surface area contributed by atoms with Crippen LogP contribution in [0.25, 0.3) is 11.5 Å². The molecule has 7 nitrogen and oxygen atoms in total. The van der Waals surface area contributed by atoms with Crippen molar-refractivity contribution in [1.82, 2.24) is 19.7 Å². The Morgan fingerprint density at radius 1 is 1.27 bits per heavy atom. The van der Waals surface area contributed by atoms with Crippen molar-refractivity contribution in [3.63, 3.8) is 0 Å². The van der Waals surface area contributed by atoms with Gasteiger partial charge in [-0.25, -0.2) is 9.78 Å². The fourth-order valence-corrected chi connectivity index (χ4v) is 2.59. The highest BCUT2D eigenvalue weighted by molar-refractivity contribution is 5.46. The van der Waals surface area contributed by atoms with E-state index < -0.39 is 5.76 Å². The minimum Gasteiger partial charge on any atom is -0.488 e. The third kappa shape index (κ3) is 2.16. The van der Waals surface area contributed by atoms with Gasteiger partial charge in [-0.1, -0.05) is 23.4 Å². The van der Waals surface area contributed by atoms with Crippen LogP contribution in [0.2, 0.25) is 0 Å². The van der Waals surface area contributed by atoms with Crippen LogP contribution in [-0.2, 0) is 13.0 Å². The molecule has 0 amide bonds. The molecule has 1 unspecified atom stereocenters. The Balaban J connectivity index is 1.63. The summed E-state index contributed by atoms with van der Waals surface area (Å²) >= 11 is 0. The third-order valence-electron chi connectivity index (χ3n) is 3.58. The lowest BCUT2D eigenvalue weighted by atomic mass is 10.1. The summed E-state index contributed by atoms with van der Waals surface area (Å²) in [6.45, 7) is 0.350. The fraction of sp³-hybridized carbons (Fsp3) is 0.200. The Morgan fingerprint density at radius 3 is 3.00 bits per heavy atom. The molecule has 22 heavy (non-hydrogen) atoms. The molecule has 110 valence electrons. The van der Waals surface area contributed by atoms with E-state index in [-0.39, 0.29) is 6.10 Å². The zero-order valence-corrected chi connectivity index (χ0v) is 11.5. The van der Waals surface area contributed by atoms with Crippen molar-refractivity contribution in [1.29, 1.82) is 0 Å². The van der Waals surface area contributed by atoms with E-state index in [1.54, 1.807) is 12.4 Å². The van der Waals surface area contributed by atoms with Gasteiger partial charge in [0, 0.05) is 18.8 Å². The molecule has 2 aromatic heterocycles. The molecule has 1 aromatic carbocycles. The number of benzene rings is 1. The van der Waals surface area contributed by atoms with Crippen molar-refractivity contribution in [2.75, 3.05) is 0 Å². The normalized spacial score (nSPS) is 16.3. The molecule has 3 heterocycles. The Hall–Kier alpha value is -2.96. The predicted octanol–water partition coefficient (Wildman–Crippen LogP) is 1.30. The lowest BCUT2D eigenvalue weighted by Gasteiger charge is -2.11. The number of hydrogen-bond donors (Lipinski definition) is 0. The number of para-hydroxylation sites is 1. The van der Waals surface area contributed by atoms with Crippen LogP contribution in [0.5, 0.6) is 5.75 Å². The number of hydrogen-bond acceptors (Lipinski definition) is 6. The summed E-state index contributed by atoms with van der Waals surface area (Å²) in [5.74, 6) is 0.691. The van der Waals surface area contributed by atoms with Crippen molar-refractivity contribution in [2.45, 2.75) is 19.1 Å². The molecule has 0 radical (unpaired) electrons. The van der Waals surface area contributed by atoms with E-state index in [0.29, 0.717) is 18.1 Å². The number of rotatable bonds is 3. The number of nitrogens with zero attached hydrogens (tertiary/aromatic N) is 4. The molecular formula is C15H12N4O3. The quantitative estimate of drug-likeness (QED) is 0.724. The molecule has 0 spiro atoms. The minimum absolute atomic E-state index is 0.134. The predicted molar refractivity (Wildman–Crippen MR) is 76.4 cm³/mol. The van der Waals surface area contributed by atoms with Gasteiger partial charge in [0.25, 0.3) is 0 Å². The Labute approximate surface area is 125 Å². The summed E-state index contributed by atoms with van der Waals surface area (Å²) in [5, 5.41) is 3.79. The van der Waals surface area contributed by atoms with Gasteiger partial charge >= 0.3 is 5.76 Å². The maximum Gasteiger partial charge on any atom is 0.442 e. The van der Waals surface area contributed by atoms with E-state index >= 15 is 0 Å². The van der Waals surface area contributed by atoms with Crippen molar-refractivity contribution >= 4 is 0 Å². The van der Waals surface area contributed by atoms with Crippen LogP contribution in [0.3, 0.4) is 0 Å². The van der Waals surface area contributed by atoms with Crippen molar-refractivity contribution in [3.05, 3.63) is 59.0 Å². The second-order valence-corrected chi connectivity index (χ2v) is 5.03. The van der Waals surface area contributed by atoms with Gasteiger partial charge in [-0.3, -0.25) is 14.1 Å². The van der Waals surface area contributed by atoms with Crippen LogP contribution < -0.4 is 10.5 Å². The third-order valence-corrected chi connectivity index (χ3v) is 3.58. The topological polar surface area (TPSA) is 83.0 Å². The smallest absolute Gasteiger partial charge is 0.442 e. The summed E-state index contributed by atoms with van der Waals surface area (Å²) in [7, 11) is 0. The molecule has 0 fully saturated rings. The number of ether oxygens (including phenoxy) is 1. The number of fused-ring (bicyclic) bond motifs is 1. The van der Waals surface area contributed by atoms with E-state index in [9.17, 15) is 4.79 Å². The van der Waals surface area contributed by atoms with Crippen LogP contribution in [0, 0.1) is 0 Å². The van der Waals surface area contributed by atoms with Crippen LogP contribution in [0.15, 0.2) is 52.2 Å². The molecule has 1 aliphatic heterocycles. The first-order chi connectivity index (χ1) is 10.8. The first kappa shape index (κ1) is 12.8. The van der Waals surface area contributed by atoms with Gasteiger partial charge in [-0.2, -0.15) is 0 Å². The van der Waals surface area contributed by atoms with Gasteiger partial charge in [0.15, 0.2) is 0 Å². The van der Waals surface area contributed by atoms with E-state index in [2.05, 4.69) is 15.1 Å². The van der Waals surface area contributed by atoms with Crippen molar-refractivity contribution in [2.24, 2.45) is 0 Å². The molecule has 0 N–H and O–H groups in total. The van der Waals surface area contributed by atoms with E-state index in [1.165, 1.54) is 10.8 Å². The van der Waals surface area contributed by atoms with Crippen molar-refractivity contribution < 1.29 is 9.26 Å². The van der Waals surface area contributed by atoms with Crippen LogP contribution in [0.4, 0.5) is 0 Å². The maximum absolute atomic E-state index is 11.9. The first-order valence-corrected chi connectivity index (χ1v) is 6.89. The molecule has 0 saturated carbocycles. The second-order valence-electron chi connectivity index (χ2n) is 5.03. The molecule has 3 aromatic rings. The molecule has 1 atom stereocenters. The van der Waals surface area contributed by atoms with Gasteiger partial charge in [-0.05, 0) is 11.6 Å². The summed E-state index contributed by atoms with van der Waals surface area (Å²) in [6, 6.07) is 7.85. The monoisotopic (exact) mass is 296 g/mol. The standard InChI is InChI=1S/C15H12N4O3/c20-15-19(14(18-22-15)12-8-16-5-6-17-12)9-11-7-10-3-1-2-4-13(10)21-11/h1-6,8,11H,7,9H2. The summed E-state index contributed by atoms with van der Waals surface area (Å²) in [4.78, 5) is 20.0. The first-order valence-electron chi connectivity index (χ1n) is 6.89. The van der Waals surface area contributed by atoms with Crippen LogP contribution >= 0.6 is 0 Å². The molecule has 0 aliphatic carbocycles. The maximum atomic E-state index is 11.9. The van der Waals surface area contributed by atoms with Gasteiger partial charge in [-0.15, -0.1) is 0 Å².